The Morgan fingerprint density at radius 2 is 1.71 bits per heavy atom. The second-order valence-corrected chi connectivity index (χ2v) is 8.85. The highest BCUT2D eigenvalue weighted by Crippen LogP contribution is 2.41. The van der Waals surface area contributed by atoms with E-state index in [9.17, 15) is 0 Å². The van der Waals surface area contributed by atoms with Gasteiger partial charge in [0.25, 0.3) is 0 Å². The van der Waals surface area contributed by atoms with Gasteiger partial charge >= 0.3 is 0 Å². The van der Waals surface area contributed by atoms with Gasteiger partial charge < -0.3 is 4.42 Å². The molecule has 3 heteroatoms. The normalized spacial score (nSPS) is 15.3. The van der Waals surface area contributed by atoms with Gasteiger partial charge in [-0.25, -0.2) is 4.39 Å². The quantitative estimate of drug-likeness (QED) is 0.293. The van der Waals surface area contributed by atoms with Crippen molar-refractivity contribution in [3.8, 4) is 11.3 Å². The lowest BCUT2D eigenvalue weighted by Gasteiger charge is -2.23. The maximum atomic E-state index is 15.7. The van der Waals surface area contributed by atoms with Crippen LogP contribution in [0.4, 0.5) is 4.39 Å². The Hall–Kier alpha value is -3.20. The van der Waals surface area contributed by atoms with Crippen molar-refractivity contribution in [3.63, 3.8) is 0 Å². The molecule has 0 bridgehead atoms. The summed E-state index contributed by atoms with van der Waals surface area (Å²) in [6.07, 6.45) is 7.53. The lowest BCUT2D eigenvalue weighted by atomic mass is 9.83. The van der Waals surface area contributed by atoms with Crippen LogP contribution >= 0.6 is 0 Å². The minimum atomic E-state index is -0.0819. The number of nitrogens with zero attached hydrogens (tertiary/aromatic N) is 1. The van der Waals surface area contributed by atoms with Gasteiger partial charge in [0.2, 0.25) is 0 Å². The molecule has 31 heavy (non-hydrogen) atoms. The number of fused-ring (bicyclic) bond motifs is 4. The van der Waals surface area contributed by atoms with E-state index in [4.69, 9.17) is 9.40 Å². The van der Waals surface area contributed by atoms with Crippen LogP contribution < -0.4 is 0 Å². The Labute approximate surface area is 180 Å². The van der Waals surface area contributed by atoms with Crippen LogP contribution in [0.25, 0.3) is 44.0 Å². The van der Waals surface area contributed by atoms with Crippen LogP contribution in [0.15, 0.2) is 65.2 Å². The van der Waals surface area contributed by atoms with Crippen LogP contribution in [0.5, 0.6) is 0 Å². The predicted molar refractivity (Wildman–Crippen MR) is 125 cm³/mol. The number of benzene rings is 3. The van der Waals surface area contributed by atoms with Gasteiger partial charge in [-0.05, 0) is 61.1 Å². The molecule has 0 aliphatic heterocycles. The summed E-state index contributed by atoms with van der Waals surface area (Å²) in [5.74, 6) is 0.248. The van der Waals surface area contributed by atoms with Crippen LogP contribution in [-0.4, -0.2) is 4.98 Å². The minimum absolute atomic E-state index is 0.0819. The van der Waals surface area contributed by atoms with E-state index in [1.807, 2.05) is 30.3 Å². The van der Waals surface area contributed by atoms with Gasteiger partial charge in [0.15, 0.2) is 0 Å². The molecule has 1 fully saturated rings. The molecule has 0 amide bonds. The lowest BCUT2D eigenvalue weighted by Crippen LogP contribution is -2.07. The summed E-state index contributed by atoms with van der Waals surface area (Å²) in [6.45, 7) is 2.08. The summed E-state index contributed by atoms with van der Waals surface area (Å²) in [4.78, 5) is 4.70. The number of para-hydroxylation sites is 1. The summed E-state index contributed by atoms with van der Waals surface area (Å²) in [6, 6.07) is 18.2. The third-order valence-corrected chi connectivity index (χ3v) is 6.83. The van der Waals surface area contributed by atoms with Gasteiger partial charge in [-0.2, -0.15) is 0 Å². The van der Waals surface area contributed by atoms with Gasteiger partial charge in [0.1, 0.15) is 17.0 Å². The van der Waals surface area contributed by atoms with Crippen molar-refractivity contribution >= 4 is 32.7 Å². The molecule has 2 nitrogen and oxygen atoms in total. The summed E-state index contributed by atoms with van der Waals surface area (Å²) in [7, 11) is 0. The SMILES string of the molecule is Cc1cc(-c2nccc3c(F)c(C4CCCCC4)ccc23)c2oc3ccccc3c2c1. The number of hydrogen-bond donors (Lipinski definition) is 0. The van der Waals surface area contributed by atoms with Gasteiger partial charge in [-0.15, -0.1) is 0 Å². The molecule has 1 saturated carbocycles. The first-order valence-electron chi connectivity index (χ1n) is 11.2. The lowest BCUT2D eigenvalue weighted by molar-refractivity contribution is 0.431. The fourth-order valence-electron chi connectivity index (χ4n) is 5.33. The standard InChI is InChI=1S/C28H24FNO/c1-17-15-23-20-9-5-6-10-25(20)31-28(23)24(16-17)27-22-12-11-19(18-7-3-2-4-8-18)26(29)21(22)13-14-30-27/h5-6,9-16,18H,2-4,7-8H2,1H3. The fourth-order valence-corrected chi connectivity index (χ4v) is 5.33. The zero-order valence-electron chi connectivity index (χ0n) is 17.6. The topological polar surface area (TPSA) is 26.0 Å². The molecule has 0 radical (unpaired) electrons. The van der Waals surface area contributed by atoms with Crippen molar-refractivity contribution in [2.45, 2.75) is 44.9 Å². The smallest absolute Gasteiger partial charge is 0.144 e. The first-order valence-corrected chi connectivity index (χ1v) is 11.2. The van der Waals surface area contributed by atoms with Gasteiger partial charge in [-0.1, -0.05) is 49.6 Å². The molecule has 5 aromatic rings. The molecule has 6 rings (SSSR count). The number of aromatic nitrogens is 1. The first-order chi connectivity index (χ1) is 15.2. The maximum Gasteiger partial charge on any atom is 0.144 e. The van der Waals surface area contributed by atoms with E-state index in [0.29, 0.717) is 11.3 Å². The number of halogens is 1. The molecule has 1 aliphatic rings. The molecule has 0 saturated heterocycles. The van der Waals surface area contributed by atoms with E-state index >= 15 is 4.39 Å². The van der Waals surface area contributed by atoms with E-state index in [2.05, 4.69) is 31.2 Å². The van der Waals surface area contributed by atoms with Crippen LogP contribution in [0.1, 0.15) is 49.1 Å². The van der Waals surface area contributed by atoms with Crippen molar-refractivity contribution < 1.29 is 8.81 Å². The fraction of sp³-hybridized carbons (Fsp3) is 0.250. The number of furan rings is 1. The highest BCUT2D eigenvalue weighted by molar-refractivity contribution is 6.11. The Bertz CT molecular complexity index is 1440. The molecule has 0 spiro atoms. The number of aryl methyl sites for hydroxylation is 1. The van der Waals surface area contributed by atoms with Crippen molar-refractivity contribution in [3.05, 3.63) is 77.7 Å². The molecule has 0 atom stereocenters. The van der Waals surface area contributed by atoms with Crippen molar-refractivity contribution in [1.82, 2.24) is 4.98 Å². The molecule has 0 N–H and O–H groups in total. The summed E-state index contributed by atoms with van der Waals surface area (Å²) >= 11 is 0. The first kappa shape index (κ1) is 18.6. The van der Waals surface area contributed by atoms with Gasteiger partial charge in [0, 0.05) is 33.3 Å². The average Bonchev–Trinajstić information content (AvgIpc) is 3.18. The van der Waals surface area contributed by atoms with Crippen LogP contribution in [0, 0.1) is 12.7 Å². The molecule has 154 valence electrons. The third kappa shape index (κ3) is 2.95. The monoisotopic (exact) mass is 409 g/mol. The Morgan fingerprint density at radius 1 is 0.871 bits per heavy atom. The summed E-state index contributed by atoms with van der Waals surface area (Å²) in [5.41, 5.74) is 5.36. The summed E-state index contributed by atoms with van der Waals surface area (Å²) < 4.78 is 21.9. The Kier molecular flexibility index (Phi) is 4.31. The number of pyridine rings is 1. The van der Waals surface area contributed by atoms with Gasteiger partial charge in [0.05, 0.1) is 5.69 Å². The van der Waals surface area contributed by atoms with E-state index in [0.717, 1.165) is 62.6 Å². The van der Waals surface area contributed by atoms with Gasteiger partial charge in [-0.3, -0.25) is 4.98 Å². The number of hydrogen-bond acceptors (Lipinski definition) is 2. The van der Waals surface area contributed by atoms with Crippen LogP contribution in [0.3, 0.4) is 0 Å². The Morgan fingerprint density at radius 3 is 2.58 bits per heavy atom. The molecule has 1 aliphatic carbocycles. The zero-order valence-corrected chi connectivity index (χ0v) is 17.6. The van der Waals surface area contributed by atoms with Crippen molar-refractivity contribution in [2.75, 3.05) is 0 Å². The van der Waals surface area contributed by atoms with Crippen LogP contribution in [0.2, 0.25) is 0 Å². The predicted octanol–water partition coefficient (Wildman–Crippen LogP) is 8.30. The Balaban J connectivity index is 1.60. The maximum absolute atomic E-state index is 15.7. The number of rotatable bonds is 2. The highest BCUT2D eigenvalue weighted by Gasteiger charge is 2.22. The van der Waals surface area contributed by atoms with E-state index in [1.54, 1.807) is 6.20 Å². The molecule has 2 heterocycles. The largest absolute Gasteiger partial charge is 0.455 e. The molecule has 2 aromatic heterocycles. The van der Waals surface area contributed by atoms with E-state index in [-0.39, 0.29) is 5.82 Å². The molecular formula is C28H24FNO. The minimum Gasteiger partial charge on any atom is -0.455 e. The average molecular weight is 410 g/mol. The van der Waals surface area contributed by atoms with E-state index in [1.165, 1.54) is 19.3 Å². The third-order valence-electron chi connectivity index (χ3n) is 6.83. The second-order valence-electron chi connectivity index (χ2n) is 8.85. The molecule has 0 unspecified atom stereocenters. The molecular weight excluding hydrogens is 385 g/mol. The second kappa shape index (κ2) is 7.19. The zero-order chi connectivity index (χ0) is 20.9. The van der Waals surface area contributed by atoms with E-state index < -0.39 is 0 Å². The van der Waals surface area contributed by atoms with Crippen molar-refractivity contribution in [1.29, 1.82) is 0 Å². The summed E-state index contributed by atoms with van der Waals surface area (Å²) in [5, 5.41) is 3.66. The molecule has 3 aromatic carbocycles. The van der Waals surface area contributed by atoms with Crippen molar-refractivity contribution in [2.24, 2.45) is 0 Å². The van der Waals surface area contributed by atoms with Crippen LogP contribution in [-0.2, 0) is 0 Å². The highest BCUT2D eigenvalue weighted by atomic mass is 19.1.